The summed E-state index contributed by atoms with van der Waals surface area (Å²) in [5.41, 5.74) is 1.24. The summed E-state index contributed by atoms with van der Waals surface area (Å²) in [5.74, 6) is 0.169. The molecule has 1 heterocycles. The van der Waals surface area contributed by atoms with Crippen LogP contribution in [0.1, 0.15) is 41.0 Å². The van der Waals surface area contributed by atoms with Gasteiger partial charge in [-0.05, 0) is 47.5 Å². The predicted molar refractivity (Wildman–Crippen MR) is 95.9 cm³/mol. The highest BCUT2D eigenvalue weighted by atomic mass is 32.1. The number of rotatable bonds is 4. The molecule has 1 aliphatic carbocycles. The topological polar surface area (TPSA) is 20.3 Å². The highest BCUT2D eigenvalue weighted by molar-refractivity contribution is 7.12. The van der Waals surface area contributed by atoms with Gasteiger partial charge in [0.1, 0.15) is 0 Å². The van der Waals surface area contributed by atoms with Crippen molar-refractivity contribution in [2.24, 2.45) is 0 Å². The van der Waals surface area contributed by atoms with Crippen molar-refractivity contribution < 1.29 is 4.79 Å². The van der Waals surface area contributed by atoms with Gasteiger partial charge < -0.3 is 4.90 Å². The molecule has 0 saturated heterocycles. The molecule has 1 atom stereocenters. The van der Waals surface area contributed by atoms with E-state index in [1.54, 1.807) is 0 Å². The third-order valence-electron chi connectivity index (χ3n) is 4.60. The second-order valence-corrected chi connectivity index (χ2v) is 7.11. The summed E-state index contributed by atoms with van der Waals surface area (Å²) >= 11 is 1.53. The minimum Gasteiger partial charge on any atom is -0.328 e. The standard InChI is InChI=1S/C20H19NOS/c1-14(17-9-4-7-15-6-2-3-8-18(15)17)21(16-11-12-16)20(22)19-10-5-13-23-19/h2-10,13-14,16H,11-12H2,1H3/t14-/m1/s1. The Bertz CT molecular complexity index is 830. The fourth-order valence-corrected chi connectivity index (χ4v) is 3.97. The van der Waals surface area contributed by atoms with Crippen LogP contribution < -0.4 is 0 Å². The highest BCUT2D eigenvalue weighted by Gasteiger charge is 2.37. The zero-order valence-corrected chi connectivity index (χ0v) is 13.9. The predicted octanol–water partition coefficient (Wildman–Crippen LogP) is 5.27. The molecule has 0 N–H and O–H groups in total. The Labute approximate surface area is 140 Å². The minimum atomic E-state index is 0.0863. The van der Waals surface area contributed by atoms with Crippen LogP contribution in [0.25, 0.3) is 10.8 Å². The molecule has 1 saturated carbocycles. The van der Waals surface area contributed by atoms with Crippen LogP contribution in [0.15, 0.2) is 60.0 Å². The molecule has 23 heavy (non-hydrogen) atoms. The van der Waals surface area contributed by atoms with Gasteiger partial charge in [-0.1, -0.05) is 48.5 Å². The van der Waals surface area contributed by atoms with Crippen molar-refractivity contribution in [1.29, 1.82) is 0 Å². The number of benzene rings is 2. The zero-order chi connectivity index (χ0) is 15.8. The van der Waals surface area contributed by atoms with E-state index < -0.39 is 0 Å². The van der Waals surface area contributed by atoms with Crippen molar-refractivity contribution in [2.45, 2.75) is 31.8 Å². The van der Waals surface area contributed by atoms with E-state index in [-0.39, 0.29) is 11.9 Å². The number of nitrogens with zero attached hydrogens (tertiary/aromatic N) is 1. The van der Waals surface area contributed by atoms with Crippen LogP contribution in [0.5, 0.6) is 0 Å². The van der Waals surface area contributed by atoms with Gasteiger partial charge in [0.2, 0.25) is 0 Å². The number of carbonyl (C=O) groups is 1. The van der Waals surface area contributed by atoms with Crippen molar-refractivity contribution in [3.8, 4) is 0 Å². The molecule has 0 spiro atoms. The zero-order valence-electron chi connectivity index (χ0n) is 13.1. The lowest BCUT2D eigenvalue weighted by Gasteiger charge is -2.30. The molecule has 1 fully saturated rings. The average Bonchev–Trinajstić information content (AvgIpc) is 3.26. The van der Waals surface area contributed by atoms with Gasteiger partial charge in [0.15, 0.2) is 0 Å². The summed E-state index contributed by atoms with van der Waals surface area (Å²) in [6, 6.07) is 19.2. The lowest BCUT2D eigenvalue weighted by molar-refractivity contribution is 0.0680. The third-order valence-corrected chi connectivity index (χ3v) is 5.46. The van der Waals surface area contributed by atoms with Crippen LogP contribution >= 0.6 is 11.3 Å². The fourth-order valence-electron chi connectivity index (χ4n) is 3.30. The molecule has 1 aliphatic rings. The molecule has 0 unspecified atom stereocenters. The van der Waals surface area contributed by atoms with Crippen LogP contribution in [-0.2, 0) is 0 Å². The monoisotopic (exact) mass is 321 g/mol. The smallest absolute Gasteiger partial charge is 0.264 e. The Morgan fingerprint density at radius 1 is 1.09 bits per heavy atom. The first-order valence-electron chi connectivity index (χ1n) is 8.09. The van der Waals surface area contributed by atoms with Crippen molar-refractivity contribution in [2.75, 3.05) is 0 Å². The molecule has 0 aliphatic heterocycles. The Hall–Kier alpha value is -2.13. The van der Waals surface area contributed by atoms with E-state index in [1.165, 1.54) is 27.7 Å². The highest BCUT2D eigenvalue weighted by Crippen LogP contribution is 2.38. The summed E-state index contributed by atoms with van der Waals surface area (Å²) < 4.78 is 0. The van der Waals surface area contributed by atoms with E-state index in [0.29, 0.717) is 6.04 Å². The second-order valence-electron chi connectivity index (χ2n) is 6.17. The largest absolute Gasteiger partial charge is 0.328 e. The number of fused-ring (bicyclic) bond motifs is 1. The van der Waals surface area contributed by atoms with Crippen LogP contribution in [0.2, 0.25) is 0 Å². The van der Waals surface area contributed by atoms with E-state index >= 15 is 0 Å². The lowest BCUT2D eigenvalue weighted by atomic mass is 9.98. The molecule has 2 aromatic carbocycles. The van der Waals surface area contributed by atoms with E-state index in [4.69, 9.17) is 0 Å². The minimum absolute atomic E-state index is 0.0863. The third kappa shape index (κ3) is 2.66. The molecule has 3 aromatic rings. The van der Waals surface area contributed by atoms with Gasteiger partial charge in [-0.15, -0.1) is 11.3 Å². The first-order chi connectivity index (χ1) is 11.3. The molecule has 0 radical (unpaired) electrons. The van der Waals surface area contributed by atoms with Crippen molar-refractivity contribution in [1.82, 2.24) is 4.90 Å². The molecular formula is C20H19NOS. The normalized spacial score (nSPS) is 15.5. The maximum absolute atomic E-state index is 13.0. The van der Waals surface area contributed by atoms with E-state index in [9.17, 15) is 4.79 Å². The Kier molecular flexibility index (Phi) is 3.66. The summed E-state index contributed by atoms with van der Waals surface area (Å²) in [6.07, 6.45) is 2.23. The van der Waals surface area contributed by atoms with Gasteiger partial charge >= 0.3 is 0 Å². The molecule has 3 heteroatoms. The van der Waals surface area contributed by atoms with Crippen molar-refractivity contribution in [3.05, 3.63) is 70.4 Å². The summed E-state index contributed by atoms with van der Waals surface area (Å²) in [4.78, 5) is 15.9. The van der Waals surface area contributed by atoms with Crippen LogP contribution in [0, 0.1) is 0 Å². The maximum atomic E-state index is 13.0. The van der Waals surface area contributed by atoms with Crippen LogP contribution in [-0.4, -0.2) is 16.8 Å². The molecular weight excluding hydrogens is 302 g/mol. The van der Waals surface area contributed by atoms with E-state index in [0.717, 1.165) is 17.7 Å². The average molecular weight is 321 g/mol. The van der Waals surface area contributed by atoms with Crippen molar-refractivity contribution in [3.63, 3.8) is 0 Å². The van der Waals surface area contributed by atoms with Gasteiger partial charge in [0, 0.05) is 6.04 Å². The summed E-state index contributed by atoms with van der Waals surface area (Å²) in [5, 5.41) is 4.45. The van der Waals surface area contributed by atoms with Gasteiger partial charge in [-0.2, -0.15) is 0 Å². The molecule has 4 rings (SSSR count). The maximum Gasteiger partial charge on any atom is 0.264 e. The molecule has 2 nitrogen and oxygen atoms in total. The number of hydrogen-bond acceptors (Lipinski definition) is 2. The van der Waals surface area contributed by atoms with Crippen LogP contribution in [0.4, 0.5) is 0 Å². The first-order valence-corrected chi connectivity index (χ1v) is 8.97. The van der Waals surface area contributed by atoms with Gasteiger partial charge in [0.25, 0.3) is 5.91 Å². The number of carbonyl (C=O) groups excluding carboxylic acids is 1. The van der Waals surface area contributed by atoms with Crippen molar-refractivity contribution >= 4 is 28.0 Å². The molecule has 0 bridgehead atoms. The van der Waals surface area contributed by atoms with Crippen LogP contribution in [0.3, 0.4) is 0 Å². The quantitative estimate of drug-likeness (QED) is 0.641. The Balaban J connectivity index is 1.75. The van der Waals surface area contributed by atoms with E-state index in [2.05, 4.69) is 54.3 Å². The van der Waals surface area contributed by atoms with Gasteiger partial charge in [0.05, 0.1) is 10.9 Å². The molecule has 116 valence electrons. The number of hydrogen-bond donors (Lipinski definition) is 0. The first kappa shape index (κ1) is 14.5. The molecule has 1 aromatic heterocycles. The van der Waals surface area contributed by atoms with E-state index in [1.807, 2.05) is 17.5 Å². The number of thiophene rings is 1. The Morgan fingerprint density at radius 3 is 2.61 bits per heavy atom. The van der Waals surface area contributed by atoms with Gasteiger partial charge in [-0.3, -0.25) is 4.79 Å². The summed E-state index contributed by atoms with van der Waals surface area (Å²) in [7, 11) is 0. The SMILES string of the molecule is C[C@H](c1cccc2ccccc12)N(C(=O)c1cccs1)C1CC1. The van der Waals surface area contributed by atoms with Gasteiger partial charge in [-0.25, -0.2) is 0 Å². The second kappa shape index (κ2) is 5.82. The summed E-state index contributed by atoms with van der Waals surface area (Å²) in [6.45, 7) is 2.16. The Morgan fingerprint density at radius 2 is 1.87 bits per heavy atom. The fraction of sp³-hybridized carbons (Fsp3) is 0.250. The molecule has 1 amide bonds. The number of amides is 1. The lowest BCUT2D eigenvalue weighted by Crippen LogP contribution is -2.35.